The molecule has 6 nitrogen and oxygen atoms in total. The molecular weight excluding hydrogens is 402 g/mol. The van der Waals surface area contributed by atoms with Crippen molar-refractivity contribution in [2.24, 2.45) is 0 Å². The Balaban J connectivity index is 1.45. The van der Waals surface area contributed by atoms with Gasteiger partial charge in [0, 0.05) is 43.5 Å². The third-order valence-electron chi connectivity index (χ3n) is 5.81. The van der Waals surface area contributed by atoms with E-state index in [1.54, 1.807) is 47.4 Å². The number of para-hydroxylation sites is 1. The van der Waals surface area contributed by atoms with Crippen LogP contribution in [0.4, 0.5) is 5.69 Å². The van der Waals surface area contributed by atoms with E-state index in [2.05, 4.69) is 29.4 Å². The molecular formula is C26H27N3O3. The highest BCUT2D eigenvalue weighted by molar-refractivity contribution is 6.05. The predicted molar refractivity (Wildman–Crippen MR) is 125 cm³/mol. The number of rotatable bonds is 6. The highest BCUT2D eigenvalue weighted by Gasteiger charge is 2.28. The van der Waals surface area contributed by atoms with Gasteiger partial charge in [0.2, 0.25) is 0 Å². The van der Waals surface area contributed by atoms with Crippen LogP contribution in [-0.2, 0) is 4.79 Å². The molecule has 2 amide bonds. The molecule has 0 unspecified atom stereocenters. The van der Waals surface area contributed by atoms with Crippen LogP contribution < -0.4 is 10.2 Å². The number of amides is 2. The number of anilines is 1. The summed E-state index contributed by atoms with van der Waals surface area (Å²) in [7, 11) is 2.10. The SMILES string of the molecule is CN(c1ccccc1)C1CCN(C(=O)/C(=C/c2ccco2)NC(=O)c2ccccc2)CC1. The van der Waals surface area contributed by atoms with Crippen molar-refractivity contribution < 1.29 is 14.0 Å². The Bertz CT molecular complexity index is 1050. The maximum atomic E-state index is 13.3. The smallest absolute Gasteiger partial charge is 0.270 e. The summed E-state index contributed by atoms with van der Waals surface area (Å²) < 4.78 is 5.38. The number of benzene rings is 2. The Labute approximate surface area is 188 Å². The van der Waals surface area contributed by atoms with Crippen LogP contribution in [-0.4, -0.2) is 42.9 Å². The van der Waals surface area contributed by atoms with E-state index in [1.807, 2.05) is 24.3 Å². The molecule has 3 aromatic rings. The molecule has 0 aliphatic carbocycles. The third kappa shape index (κ3) is 5.09. The molecule has 0 atom stereocenters. The van der Waals surface area contributed by atoms with Crippen molar-refractivity contribution in [3.63, 3.8) is 0 Å². The van der Waals surface area contributed by atoms with Gasteiger partial charge in [0.25, 0.3) is 11.8 Å². The summed E-state index contributed by atoms with van der Waals surface area (Å²) >= 11 is 0. The van der Waals surface area contributed by atoms with Gasteiger partial charge in [-0.2, -0.15) is 0 Å². The fourth-order valence-electron chi connectivity index (χ4n) is 3.95. The molecule has 2 aromatic carbocycles. The van der Waals surface area contributed by atoms with Crippen LogP contribution in [0.15, 0.2) is 89.2 Å². The molecule has 1 aliphatic heterocycles. The van der Waals surface area contributed by atoms with Gasteiger partial charge in [-0.25, -0.2) is 0 Å². The van der Waals surface area contributed by atoms with E-state index >= 15 is 0 Å². The van der Waals surface area contributed by atoms with E-state index in [1.165, 1.54) is 12.0 Å². The molecule has 0 bridgehead atoms. The van der Waals surface area contributed by atoms with E-state index in [9.17, 15) is 9.59 Å². The van der Waals surface area contributed by atoms with E-state index in [0.29, 0.717) is 30.5 Å². The van der Waals surface area contributed by atoms with Gasteiger partial charge in [0.15, 0.2) is 0 Å². The second kappa shape index (κ2) is 10.0. The van der Waals surface area contributed by atoms with Gasteiger partial charge < -0.3 is 19.5 Å². The van der Waals surface area contributed by atoms with Crippen molar-refractivity contribution in [1.29, 1.82) is 0 Å². The van der Waals surface area contributed by atoms with Gasteiger partial charge in [-0.1, -0.05) is 36.4 Å². The highest BCUT2D eigenvalue weighted by atomic mass is 16.3. The molecule has 32 heavy (non-hydrogen) atoms. The number of likely N-dealkylation sites (tertiary alicyclic amines) is 1. The van der Waals surface area contributed by atoms with Gasteiger partial charge in [-0.15, -0.1) is 0 Å². The fraction of sp³-hybridized carbons (Fsp3) is 0.231. The summed E-state index contributed by atoms with van der Waals surface area (Å²) in [6, 6.07) is 23.0. The van der Waals surface area contributed by atoms with Crippen molar-refractivity contribution in [2.45, 2.75) is 18.9 Å². The summed E-state index contributed by atoms with van der Waals surface area (Å²) in [4.78, 5) is 30.1. The zero-order valence-corrected chi connectivity index (χ0v) is 18.1. The lowest BCUT2D eigenvalue weighted by atomic mass is 10.0. The third-order valence-corrected chi connectivity index (χ3v) is 5.81. The molecule has 6 heteroatoms. The zero-order valence-electron chi connectivity index (χ0n) is 18.1. The van der Waals surface area contributed by atoms with Crippen LogP contribution >= 0.6 is 0 Å². The lowest BCUT2D eigenvalue weighted by molar-refractivity contribution is -0.128. The first-order valence-electron chi connectivity index (χ1n) is 10.8. The van der Waals surface area contributed by atoms with Crippen molar-refractivity contribution in [3.05, 3.63) is 96.1 Å². The van der Waals surface area contributed by atoms with Gasteiger partial charge in [-0.3, -0.25) is 9.59 Å². The molecule has 1 saturated heterocycles. The highest BCUT2D eigenvalue weighted by Crippen LogP contribution is 2.23. The summed E-state index contributed by atoms with van der Waals surface area (Å²) in [5.41, 5.74) is 1.88. The summed E-state index contributed by atoms with van der Waals surface area (Å²) in [6.45, 7) is 1.24. The fourth-order valence-corrected chi connectivity index (χ4v) is 3.95. The number of nitrogens with zero attached hydrogens (tertiary/aromatic N) is 2. The lowest BCUT2D eigenvalue weighted by Crippen LogP contribution is -2.47. The first-order chi connectivity index (χ1) is 15.6. The van der Waals surface area contributed by atoms with Crippen LogP contribution in [0.5, 0.6) is 0 Å². The maximum absolute atomic E-state index is 13.3. The van der Waals surface area contributed by atoms with E-state index < -0.39 is 0 Å². The second-order valence-corrected chi connectivity index (χ2v) is 7.86. The molecule has 0 spiro atoms. The van der Waals surface area contributed by atoms with Gasteiger partial charge in [0.1, 0.15) is 11.5 Å². The summed E-state index contributed by atoms with van der Waals surface area (Å²) in [5, 5.41) is 2.79. The van der Waals surface area contributed by atoms with Crippen LogP contribution in [0.3, 0.4) is 0 Å². The molecule has 1 aliphatic rings. The number of hydrogen-bond donors (Lipinski definition) is 1. The number of hydrogen-bond acceptors (Lipinski definition) is 4. The molecule has 1 N–H and O–H groups in total. The Morgan fingerprint density at radius 1 is 0.969 bits per heavy atom. The second-order valence-electron chi connectivity index (χ2n) is 7.86. The molecule has 1 fully saturated rings. The van der Waals surface area contributed by atoms with Crippen molar-refractivity contribution in [1.82, 2.24) is 10.2 Å². The normalized spacial score (nSPS) is 14.8. The van der Waals surface area contributed by atoms with Crippen LogP contribution in [0.2, 0.25) is 0 Å². The Kier molecular flexibility index (Phi) is 6.70. The molecule has 2 heterocycles. The first kappa shape index (κ1) is 21.4. The van der Waals surface area contributed by atoms with Gasteiger partial charge in [0.05, 0.1) is 6.26 Å². The number of piperidine rings is 1. The van der Waals surface area contributed by atoms with Crippen molar-refractivity contribution in [2.75, 3.05) is 25.0 Å². The lowest BCUT2D eigenvalue weighted by Gasteiger charge is -2.38. The summed E-state index contributed by atoms with van der Waals surface area (Å²) in [5.74, 6) is -0.0117. The number of nitrogens with one attached hydrogen (secondary N) is 1. The van der Waals surface area contributed by atoms with Crippen LogP contribution in [0, 0.1) is 0 Å². The maximum Gasteiger partial charge on any atom is 0.270 e. The van der Waals surface area contributed by atoms with E-state index in [0.717, 1.165) is 12.8 Å². The minimum Gasteiger partial charge on any atom is -0.465 e. The van der Waals surface area contributed by atoms with Gasteiger partial charge in [-0.05, 0) is 49.2 Å². The average Bonchev–Trinajstić information content (AvgIpc) is 3.37. The number of carbonyl (C=O) groups is 2. The van der Waals surface area contributed by atoms with E-state index in [-0.39, 0.29) is 17.5 Å². The monoisotopic (exact) mass is 429 g/mol. The Hall–Kier alpha value is -3.80. The average molecular weight is 430 g/mol. The molecule has 4 rings (SSSR count). The molecule has 0 saturated carbocycles. The zero-order chi connectivity index (χ0) is 22.3. The van der Waals surface area contributed by atoms with Gasteiger partial charge >= 0.3 is 0 Å². The predicted octanol–water partition coefficient (Wildman–Crippen LogP) is 4.18. The first-order valence-corrected chi connectivity index (χ1v) is 10.8. The minimum absolute atomic E-state index is 0.202. The Morgan fingerprint density at radius 3 is 2.25 bits per heavy atom. The minimum atomic E-state index is -0.324. The number of furan rings is 1. The van der Waals surface area contributed by atoms with Crippen molar-refractivity contribution in [3.8, 4) is 0 Å². The molecule has 0 radical (unpaired) electrons. The quantitative estimate of drug-likeness (QED) is 0.597. The van der Waals surface area contributed by atoms with Crippen molar-refractivity contribution >= 4 is 23.6 Å². The summed E-state index contributed by atoms with van der Waals surface area (Å²) in [6.07, 6.45) is 4.85. The topological polar surface area (TPSA) is 65.8 Å². The van der Waals surface area contributed by atoms with Crippen LogP contribution in [0.1, 0.15) is 29.0 Å². The van der Waals surface area contributed by atoms with E-state index in [4.69, 9.17) is 4.42 Å². The standard InChI is InChI=1S/C26H27N3O3/c1-28(21-11-6-3-7-12-21)22-14-16-29(17-15-22)26(31)24(19-23-13-8-18-32-23)27-25(30)20-9-4-2-5-10-20/h2-13,18-19,22H,14-17H2,1H3,(H,27,30)/b24-19-. The molecule has 164 valence electrons. The number of carbonyl (C=O) groups excluding carboxylic acids is 2. The Morgan fingerprint density at radius 2 is 1.62 bits per heavy atom. The van der Waals surface area contributed by atoms with Crippen LogP contribution in [0.25, 0.3) is 6.08 Å². The molecule has 1 aromatic heterocycles. The largest absolute Gasteiger partial charge is 0.465 e.